The summed E-state index contributed by atoms with van der Waals surface area (Å²) < 4.78 is 16.5. The van der Waals surface area contributed by atoms with E-state index in [1.807, 2.05) is 13.8 Å². The summed E-state index contributed by atoms with van der Waals surface area (Å²) in [6, 6.07) is 0. The van der Waals surface area contributed by atoms with Crippen LogP contribution in [0.4, 0.5) is 0 Å². The fourth-order valence-electron chi connectivity index (χ4n) is 1.20. The molecule has 0 saturated carbocycles. The molecule has 0 aromatic heterocycles. The van der Waals surface area contributed by atoms with Crippen molar-refractivity contribution in [2.24, 2.45) is 0 Å². The van der Waals surface area contributed by atoms with Crippen LogP contribution in [-0.2, 0) is 13.6 Å². The molecule has 0 aliphatic carbocycles. The molecule has 1 fully saturated rings. The minimum atomic E-state index is -1.04. The SMILES string of the molecule is CCCCCCOP1OC(C)C(C)O1. The molecule has 0 spiro atoms. The van der Waals surface area contributed by atoms with E-state index in [2.05, 4.69) is 6.92 Å². The van der Waals surface area contributed by atoms with E-state index in [9.17, 15) is 0 Å². The van der Waals surface area contributed by atoms with Crippen LogP contribution < -0.4 is 0 Å². The Kier molecular flexibility index (Phi) is 5.95. The van der Waals surface area contributed by atoms with Gasteiger partial charge in [0.1, 0.15) is 0 Å². The van der Waals surface area contributed by atoms with Crippen molar-refractivity contribution in [3.05, 3.63) is 0 Å². The van der Waals surface area contributed by atoms with Gasteiger partial charge in [0.05, 0.1) is 18.8 Å². The zero-order chi connectivity index (χ0) is 10.4. The summed E-state index contributed by atoms with van der Waals surface area (Å²) in [5.74, 6) is 0. The molecule has 1 heterocycles. The van der Waals surface area contributed by atoms with E-state index in [4.69, 9.17) is 13.6 Å². The summed E-state index contributed by atoms with van der Waals surface area (Å²) in [6.45, 7) is 7.02. The maximum atomic E-state index is 5.51. The molecular formula is C10H21O3P. The van der Waals surface area contributed by atoms with Gasteiger partial charge < -0.3 is 13.6 Å². The number of rotatable bonds is 6. The molecule has 0 aromatic carbocycles. The third-order valence-electron chi connectivity index (χ3n) is 2.36. The van der Waals surface area contributed by atoms with Crippen LogP contribution in [0.25, 0.3) is 0 Å². The summed E-state index contributed by atoms with van der Waals surface area (Å²) in [4.78, 5) is 0. The van der Waals surface area contributed by atoms with Crippen LogP contribution in [-0.4, -0.2) is 18.8 Å². The predicted octanol–water partition coefficient (Wildman–Crippen LogP) is 3.63. The normalized spacial score (nSPS) is 32.4. The zero-order valence-electron chi connectivity index (χ0n) is 9.36. The van der Waals surface area contributed by atoms with Crippen molar-refractivity contribution >= 4 is 8.60 Å². The van der Waals surface area contributed by atoms with E-state index in [0.29, 0.717) is 0 Å². The van der Waals surface area contributed by atoms with E-state index in [1.54, 1.807) is 0 Å². The van der Waals surface area contributed by atoms with Gasteiger partial charge in [-0.05, 0) is 20.3 Å². The van der Waals surface area contributed by atoms with E-state index >= 15 is 0 Å². The monoisotopic (exact) mass is 220 g/mol. The van der Waals surface area contributed by atoms with Crippen molar-refractivity contribution in [1.29, 1.82) is 0 Å². The molecule has 0 N–H and O–H groups in total. The van der Waals surface area contributed by atoms with E-state index < -0.39 is 8.60 Å². The summed E-state index contributed by atoms with van der Waals surface area (Å²) in [6.07, 6.45) is 5.26. The summed E-state index contributed by atoms with van der Waals surface area (Å²) in [5.41, 5.74) is 0. The molecule has 0 amide bonds. The quantitative estimate of drug-likeness (QED) is 0.505. The molecule has 0 bridgehead atoms. The predicted molar refractivity (Wildman–Crippen MR) is 58.1 cm³/mol. The van der Waals surface area contributed by atoms with Gasteiger partial charge in [-0.1, -0.05) is 26.2 Å². The Morgan fingerprint density at radius 2 is 1.71 bits per heavy atom. The summed E-state index contributed by atoms with van der Waals surface area (Å²) in [5, 5.41) is 0. The molecule has 0 radical (unpaired) electrons. The standard InChI is InChI=1S/C10H21O3P/c1-4-5-6-7-8-11-14-12-9(2)10(3)13-14/h9-10H,4-8H2,1-3H3. The zero-order valence-corrected chi connectivity index (χ0v) is 10.3. The Balaban J connectivity index is 1.97. The minimum absolute atomic E-state index is 0.178. The third-order valence-corrected chi connectivity index (χ3v) is 3.76. The molecule has 84 valence electrons. The highest BCUT2D eigenvalue weighted by molar-refractivity contribution is 7.42. The topological polar surface area (TPSA) is 27.7 Å². The number of hydrogen-bond donors (Lipinski definition) is 0. The number of unbranched alkanes of at least 4 members (excludes halogenated alkanes) is 3. The van der Waals surface area contributed by atoms with Crippen LogP contribution in [0.2, 0.25) is 0 Å². The van der Waals surface area contributed by atoms with Crippen molar-refractivity contribution in [3.63, 3.8) is 0 Å². The lowest BCUT2D eigenvalue weighted by atomic mass is 10.2. The van der Waals surface area contributed by atoms with Crippen LogP contribution in [0, 0.1) is 0 Å². The Bertz CT molecular complexity index is 144. The van der Waals surface area contributed by atoms with Crippen LogP contribution in [0.3, 0.4) is 0 Å². The van der Waals surface area contributed by atoms with Gasteiger partial charge in [-0.25, -0.2) is 0 Å². The van der Waals surface area contributed by atoms with E-state index in [1.165, 1.54) is 19.3 Å². The molecule has 1 saturated heterocycles. The molecule has 3 nitrogen and oxygen atoms in total. The smallest absolute Gasteiger partial charge is 0.312 e. The van der Waals surface area contributed by atoms with Crippen molar-refractivity contribution in [2.45, 2.75) is 58.7 Å². The lowest BCUT2D eigenvalue weighted by Crippen LogP contribution is -2.13. The highest BCUT2D eigenvalue weighted by Gasteiger charge is 2.31. The van der Waals surface area contributed by atoms with Crippen LogP contribution >= 0.6 is 8.60 Å². The number of hydrogen-bond acceptors (Lipinski definition) is 3. The summed E-state index contributed by atoms with van der Waals surface area (Å²) >= 11 is 0. The second kappa shape index (κ2) is 6.73. The lowest BCUT2D eigenvalue weighted by Gasteiger charge is -2.08. The van der Waals surface area contributed by atoms with Crippen LogP contribution in [0.1, 0.15) is 46.5 Å². The maximum absolute atomic E-state index is 5.51. The van der Waals surface area contributed by atoms with Gasteiger partial charge in [-0.3, -0.25) is 0 Å². The first-order valence-electron chi connectivity index (χ1n) is 5.50. The highest BCUT2D eigenvalue weighted by Crippen LogP contribution is 2.49. The molecule has 4 heteroatoms. The van der Waals surface area contributed by atoms with E-state index in [0.717, 1.165) is 13.0 Å². The minimum Gasteiger partial charge on any atom is -0.312 e. The maximum Gasteiger partial charge on any atom is 0.333 e. The van der Waals surface area contributed by atoms with Crippen molar-refractivity contribution in [1.82, 2.24) is 0 Å². The Hall–Kier alpha value is 0.310. The summed E-state index contributed by atoms with van der Waals surface area (Å²) in [7, 11) is -1.04. The lowest BCUT2D eigenvalue weighted by molar-refractivity contribution is 0.187. The molecule has 1 rings (SSSR count). The molecule has 2 atom stereocenters. The molecule has 1 aliphatic rings. The Labute approximate surface area is 88.1 Å². The van der Waals surface area contributed by atoms with Gasteiger partial charge in [0.15, 0.2) is 0 Å². The first kappa shape index (κ1) is 12.4. The second-order valence-electron chi connectivity index (χ2n) is 3.74. The average Bonchev–Trinajstić information content (AvgIpc) is 2.46. The molecule has 14 heavy (non-hydrogen) atoms. The van der Waals surface area contributed by atoms with Crippen molar-refractivity contribution in [2.75, 3.05) is 6.61 Å². The fraction of sp³-hybridized carbons (Fsp3) is 1.00. The van der Waals surface area contributed by atoms with Crippen LogP contribution in [0.15, 0.2) is 0 Å². The van der Waals surface area contributed by atoms with Gasteiger partial charge in [0, 0.05) is 0 Å². The first-order valence-corrected chi connectivity index (χ1v) is 6.60. The van der Waals surface area contributed by atoms with Crippen molar-refractivity contribution in [3.8, 4) is 0 Å². The Morgan fingerprint density at radius 1 is 1.07 bits per heavy atom. The average molecular weight is 220 g/mol. The molecular weight excluding hydrogens is 199 g/mol. The first-order chi connectivity index (χ1) is 6.74. The van der Waals surface area contributed by atoms with Gasteiger partial charge in [0.25, 0.3) is 0 Å². The second-order valence-corrected chi connectivity index (χ2v) is 4.87. The van der Waals surface area contributed by atoms with Crippen LogP contribution in [0.5, 0.6) is 0 Å². The largest absolute Gasteiger partial charge is 0.333 e. The molecule has 0 aromatic rings. The third kappa shape index (κ3) is 4.22. The van der Waals surface area contributed by atoms with Gasteiger partial charge in [0.2, 0.25) is 0 Å². The van der Waals surface area contributed by atoms with Gasteiger partial charge in [-0.2, -0.15) is 0 Å². The molecule has 1 aliphatic heterocycles. The van der Waals surface area contributed by atoms with Crippen molar-refractivity contribution < 1.29 is 13.6 Å². The van der Waals surface area contributed by atoms with E-state index in [-0.39, 0.29) is 12.2 Å². The van der Waals surface area contributed by atoms with Gasteiger partial charge in [-0.15, -0.1) is 0 Å². The Morgan fingerprint density at radius 3 is 2.29 bits per heavy atom. The fourth-order valence-corrected chi connectivity index (χ4v) is 2.53. The highest BCUT2D eigenvalue weighted by atomic mass is 31.2. The van der Waals surface area contributed by atoms with Gasteiger partial charge >= 0.3 is 8.60 Å². The molecule has 2 unspecified atom stereocenters.